The number of aromatic nitrogens is 1. The quantitative estimate of drug-likeness (QED) is 0.856. The molecule has 0 saturated carbocycles. The Balaban J connectivity index is 2.46. The highest BCUT2D eigenvalue weighted by Crippen LogP contribution is 2.17. The number of pyridine rings is 1. The summed E-state index contributed by atoms with van der Waals surface area (Å²) in [6.07, 6.45) is 0.870. The van der Waals surface area contributed by atoms with Crippen LogP contribution in [0.4, 0.5) is 4.39 Å². The van der Waals surface area contributed by atoms with Crippen molar-refractivity contribution in [2.75, 3.05) is 13.6 Å². The minimum atomic E-state index is -0.233. The van der Waals surface area contributed by atoms with Gasteiger partial charge in [0.1, 0.15) is 5.82 Å². The van der Waals surface area contributed by atoms with E-state index >= 15 is 0 Å². The fourth-order valence-corrected chi connectivity index (χ4v) is 1.78. The van der Waals surface area contributed by atoms with Crippen molar-refractivity contribution in [2.45, 2.75) is 13.3 Å². The molecule has 0 fully saturated rings. The predicted octanol–water partition coefficient (Wildman–Crippen LogP) is 2.44. The van der Waals surface area contributed by atoms with E-state index in [0.717, 1.165) is 35.1 Å². The minimum Gasteiger partial charge on any atom is -0.319 e. The van der Waals surface area contributed by atoms with E-state index < -0.39 is 0 Å². The van der Waals surface area contributed by atoms with Crippen LogP contribution in [0.25, 0.3) is 10.9 Å². The average molecular weight is 218 g/mol. The Kier molecular flexibility index (Phi) is 3.15. The number of nitrogens with zero attached hydrogens (tertiary/aromatic N) is 1. The molecule has 0 aliphatic rings. The van der Waals surface area contributed by atoms with Gasteiger partial charge in [-0.15, -0.1) is 0 Å². The summed E-state index contributed by atoms with van der Waals surface area (Å²) in [6, 6.07) is 6.79. The average Bonchev–Trinajstić information content (AvgIpc) is 2.27. The topological polar surface area (TPSA) is 24.9 Å². The van der Waals surface area contributed by atoms with Gasteiger partial charge < -0.3 is 5.32 Å². The number of likely N-dealkylation sites (N-methyl/N-ethyl adjacent to an activating group) is 1. The molecule has 1 heterocycles. The lowest BCUT2D eigenvalue weighted by Gasteiger charge is -2.07. The van der Waals surface area contributed by atoms with Gasteiger partial charge in [-0.2, -0.15) is 0 Å². The molecule has 0 spiro atoms. The SMILES string of the molecule is CNCCc1nc2cc(F)ccc2cc1C. The van der Waals surface area contributed by atoms with Crippen molar-refractivity contribution in [3.05, 3.63) is 41.3 Å². The maximum absolute atomic E-state index is 13.1. The molecule has 84 valence electrons. The number of rotatable bonds is 3. The van der Waals surface area contributed by atoms with Crippen LogP contribution in [0.15, 0.2) is 24.3 Å². The van der Waals surface area contributed by atoms with Gasteiger partial charge in [-0.1, -0.05) is 0 Å². The van der Waals surface area contributed by atoms with Crippen LogP contribution in [0.1, 0.15) is 11.3 Å². The highest BCUT2D eigenvalue weighted by atomic mass is 19.1. The number of halogens is 1. The fraction of sp³-hybridized carbons (Fsp3) is 0.308. The maximum atomic E-state index is 13.1. The van der Waals surface area contributed by atoms with Crippen molar-refractivity contribution in [1.29, 1.82) is 0 Å². The van der Waals surface area contributed by atoms with Crippen molar-refractivity contribution in [3.63, 3.8) is 0 Å². The van der Waals surface area contributed by atoms with Crippen LogP contribution in [-0.2, 0) is 6.42 Å². The number of benzene rings is 1. The second-order valence-corrected chi connectivity index (χ2v) is 3.94. The standard InChI is InChI=1S/C13H15FN2/c1-9-7-10-3-4-11(14)8-13(10)16-12(9)5-6-15-2/h3-4,7-8,15H,5-6H2,1-2H3. The molecule has 1 N–H and O–H groups in total. The Morgan fingerprint density at radius 1 is 1.31 bits per heavy atom. The van der Waals surface area contributed by atoms with Gasteiger partial charge in [0, 0.05) is 30.1 Å². The lowest BCUT2D eigenvalue weighted by Crippen LogP contribution is -2.12. The Hall–Kier alpha value is -1.48. The third kappa shape index (κ3) is 2.19. The summed E-state index contributed by atoms with van der Waals surface area (Å²) in [6.45, 7) is 2.93. The number of aryl methyl sites for hydroxylation is 1. The van der Waals surface area contributed by atoms with Gasteiger partial charge in [-0.05, 0) is 37.7 Å². The summed E-state index contributed by atoms with van der Waals surface area (Å²) in [4.78, 5) is 4.49. The van der Waals surface area contributed by atoms with Gasteiger partial charge in [0.05, 0.1) is 5.52 Å². The summed E-state index contributed by atoms with van der Waals surface area (Å²) in [7, 11) is 1.91. The Morgan fingerprint density at radius 2 is 2.12 bits per heavy atom. The van der Waals surface area contributed by atoms with Crippen LogP contribution in [0.3, 0.4) is 0 Å². The van der Waals surface area contributed by atoms with E-state index in [1.807, 2.05) is 14.0 Å². The first-order valence-corrected chi connectivity index (χ1v) is 5.41. The molecular weight excluding hydrogens is 203 g/mol. The van der Waals surface area contributed by atoms with E-state index in [2.05, 4.69) is 16.4 Å². The van der Waals surface area contributed by atoms with Crippen molar-refractivity contribution in [2.24, 2.45) is 0 Å². The van der Waals surface area contributed by atoms with E-state index in [0.29, 0.717) is 0 Å². The van der Waals surface area contributed by atoms with E-state index in [1.54, 1.807) is 6.07 Å². The number of nitrogens with one attached hydrogen (secondary N) is 1. The molecule has 1 aromatic heterocycles. The molecular formula is C13H15FN2. The summed E-state index contributed by atoms with van der Waals surface area (Å²) in [5, 5.41) is 4.08. The number of hydrogen-bond acceptors (Lipinski definition) is 2. The molecule has 0 amide bonds. The van der Waals surface area contributed by atoms with Crippen molar-refractivity contribution < 1.29 is 4.39 Å². The van der Waals surface area contributed by atoms with Crippen molar-refractivity contribution >= 4 is 10.9 Å². The number of fused-ring (bicyclic) bond motifs is 1. The summed E-state index contributed by atoms with van der Waals surface area (Å²) in [5.41, 5.74) is 2.93. The first-order chi connectivity index (χ1) is 7.70. The van der Waals surface area contributed by atoms with Crippen molar-refractivity contribution in [1.82, 2.24) is 10.3 Å². The van der Waals surface area contributed by atoms with Crippen molar-refractivity contribution in [3.8, 4) is 0 Å². The van der Waals surface area contributed by atoms with Crippen LogP contribution in [-0.4, -0.2) is 18.6 Å². The van der Waals surface area contributed by atoms with Gasteiger partial charge >= 0.3 is 0 Å². The zero-order valence-electron chi connectivity index (χ0n) is 9.55. The molecule has 0 unspecified atom stereocenters. The Labute approximate surface area is 94.5 Å². The van der Waals surface area contributed by atoms with E-state index in [-0.39, 0.29) is 5.82 Å². The van der Waals surface area contributed by atoms with Gasteiger partial charge in [-0.3, -0.25) is 4.98 Å². The first-order valence-electron chi connectivity index (χ1n) is 5.41. The van der Waals surface area contributed by atoms with E-state index in [1.165, 1.54) is 12.1 Å². The summed E-state index contributed by atoms with van der Waals surface area (Å²) >= 11 is 0. The molecule has 0 saturated heterocycles. The molecule has 0 radical (unpaired) electrons. The molecule has 2 nitrogen and oxygen atoms in total. The van der Waals surface area contributed by atoms with E-state index in [4.69, 9.17) is 0 Å². The number of hydrogen-bond donors (Lipinski definition) is 1. The molecule has 0 aliphatic carbocycles. The lowest BCUT2D eigenvalue weighted by atomic mass is 10.1. The third-order valence-corrected chi connectivity index (χ3v) is 2.69. The normalized spacial score (nSPS) is 10.9. The highest BCUT2D eigenvalue weighted by Gasteiger charge is 2.04. The van der Waals surface area contributed by atoms with Gasteiger partial charge in [-0.25, -0.2) is 4.39 Å². The minimum absolute atomic E-state index is 0.233. The lowest BCUT2D eigenvalue weighted by molar-refractivity contribution is 0.629. The molecule has 2 aromatic rings. The van der Waals surface area contributed by atoms with Crippen LogP contribution in [0, 0.1) is 12.7 Å². The van der Waals surface area contributed by atoms with Crippen LogP contribution < -0.4 is 5.32 Å². The molecule has 16 heavy (non-hydrogen) atoms. The molecule has 0 bridgehead atoms. The second kappa shape index (κ2) is 4.58. The highest BCUT2D eigenvalue weighted by molar-refractivity contribution is 5.79. The monoisotopic (exact) mass is 218 g/mol. The maximum Gasteiger partial charge on any atom is 0.125 e. The summed E-state index contributed by atoms with van der Waals surface area (Å²) in [5.74, 6) is -0.233. The third-order valence-electron chi connectivity index (χ3n) is 2.69. The Morgan fingerprint density at radius 3 is 2.88 bits per heavy atom. The fourth-order valence-electron chi connectivity index (χ4n) is 1.78. The second-order valence-electron chi connectivity index (χ2n) is 3.94. The van der Waals surface area contributed by atoms with Crippen LogP contribution in [0.5, 0.6) is 0 Å². The molecule has 3 heteroatoms. The van der Waals surface area contributed by atoms with Gasteiger partial charge in [0.25, 0.3) is 0 Å². The molecule has 2 rings (SSSR count). The molecule has 0 atom stereocenters. The van der Waals surface area contributed by atoms with Crippen LogP contribution in [0.2, 0.25) is 0 Å². The molecule has 0 aliphatic heterocycles. The van der Waals surface area contributed by atoms with E-state index in [9.17, 15) is 4.39 Å². The predicted molar refractivity (Wildman–Crippen MR) is 64.1 cm³/mol. The Bertz CT molecular complexity index is 509. The van der Waals surface area contributed by atoms with Gasteiger partial charge in [0.15, 0.2) is 0 Å². The summed E-state index contributed by atoms with van der Waals surface area (Å²) < 4.78 is 13.1. The largest absolute Gasteiger partial charge is 0.319 e. The first kappa shape index (κ1) is 11.0. The zero-order chi connectivity index (χ0) is 11.5. The van der Waals surface area contributed by atoms with Crippen LogP contribution >= 0.6 is 0 Å². The smallest absolute Gasteiger partial charge is 0.125 e. The zero-order valence-corrected chi connectivity index (χ0v) is 9.55. The van der Waals surface area contributed by atoms with Gasteiger partial charge in [0.2, 0.25) is 0 Å². The molecule has 1 aromatic carbocycles.